The fourth-order valence-corrected chi connectivity index (χ4v) is 5.97. The second-order valence-electron chi connectivity index (χ2n) is 10.3. The molecule has 0 bridgehead atoms. The van der Waals surface area contributed by atoms with E-state index in [0.717, 1.165) is 45.1 Å². The van der Waals surface area contributed by atoms with Gasteiger partial charge >= 0.3 is 5.97 Å². The zero-order valence-corrected chi connectivity index (χ0v) is 18.7. The van der Waals surface area contributed by atoms with Gasteiger partial charge in [0.2, 0.25) is 0 Å². The molecule has 2 aliphatic carbocycles. The van der Waals surface area contributed by atoms with Crippen molar-refractivity contribution in [3.8, 4) is 0 Å². The molecule has 0 amide bonds. The van der Waals surface area contributed by atoms with Gasteiger partial charge in [-0.25, -0.2) is 0 Å². The Labute approximate surface area is 176 Å². The molecule has 2 aliphatic heterocycles. The lowest BCUT2D eigenvalue weighted by Crippen LogP contribution is -2.47. The summed E-state index contributed by atoms with van der Waals surface area (Å²) in [6.45, 7) is 10.8. The van der Waals surface area contributed by atoms with Gasteiger partial charge in [-0.05, 0) is 79.4 Å². The molecule has 4 heteroatoms. The average molecular weight is 403 g/mol. The molecule has 4 atom stereocenters. The van der Waals surface area contributed by atoms with Crippen LogP contribution in [0.3, 0.4) is 0 Å². The largest absolute Gasteiger partial charge is 0.461 e. The Morgan fingerprint density at radius 2 is 2.07 bits per heavy atom. The summed E-state index contributed by atoms with van der Waals surface area (Å²) in [4.78, 5) is 12.6. The highest BCUT2D eigenvalue weighted by Gasteiger charge is 2.53. The average Bonchev–Trinajstić information content (AvgIpc) is 3.05. The van der Waals surface area contributed by atoms with Gasteiger partial charge in [0.05, 0.1) is 6.42 Å². The van der Waals surface area contributed by atoms with E-state index in [1.165, 1.54) is 29.6 Å². The van der Waals surface area contributed by atoms with Crippen molar-refractivity contribution in [3.05, 3.63) is 22.8 Å². The second kappa shape index (κ2) is 8.19. The van der Waals surface area contributed by atoms with Crippen LogP contribution in [0.1, 0.15) is 85.5 Å². The van der Waals surface area contributed by atoms with Crippen molar-refractivity contribution >= 4 is 5.97 Å². The number of ether oxygens (including phenoxy) is 3. The van der Waals surface area contributed by atoms with Crippen molar-refractivity contribution in [3.63, 3.8) is 0 Å². The molecule has 4 aliphatic rings. The maximum absolute atomic E-state index is 12.6. The summed E-state index contributed by atoms with van der Waals surface area (Å²) >= 11 is 0. The van der Waals surface area contributed by atoms with E-state index in [1.807, 2.05) is 0 Å². The molecule has 0 aromatic carbocycles. The van der Waals surface area contributed by atoms with Gasteiger partial charge in [-0.3, -0.25) is 4.79 Å². The SMILES string of the molecule is CC(C)C1=CC[C@]2(C)CC[C@@]3(C)C(=C12)CC(=O)O[C@@H]3CCCOC1CCCCO1. The molecule has 4 rings (SSSR count). The number of rotatable bonds is 6. The van der Waals surface area contributed by atoms with Crippen LogP contribution in [0.25, 0.3) is 0 Å². The second-order valence-corrected chi connectivity index (χ2v) is 10.3. The molecule has 0 spiro atoms. The topological polar surface area (TPSA) is 44.8 Å². The molecule has 1 unspecified atom stereocenters. The van der Waals surface area contributed by atoms with Gasteiger partial charge in [0.15, 0.2) is 6.29 Å². The smallest absolute Gasteiger partial charge is 0.310 e. The molecular weight excluding hydrogens is 364 g/mol. The lowest BCUT2D eigenvalue weighted by atomic mass is 9.57. The number of fused-ring (bicyclic) bond motifs is 2. The summed E-state index contributed by atoms with van der Waals surface area (Å²) in [5, 5.41) is 0. The molecule has 0 saturated carbocycles. The van der Waals surface area contributed by atoms with Crippen LogP contribution >= 0.6 is 0 Å². The first kappa shape index (κ1) is 21.1. The summed E-state index contributed by atoms with van der Waals surface area (Å²) in [5.74, 6) is 0.452. The Morgan fingerprint density at radius 3 is 2.79 bits per heavy atom. The summed E-state index contributed by atoms with van der Waals surface area (Å²) < 4.78 is 17.5. The number of cyclic esters (lactones) is 1. The minimum atomic E-state index is -0.0502. The van der Waals surface area contributed by atoms with Crippen LogP contribution in [0.15, 0.2) is 22.8 Å². The lowest BCUT2D eigenvalue weighted by molar-refractivity contribution is -0.169. The van der Waals surface area contributed by atoms with Crippen LogP contribution in [0.2, 0.25) is 0 Å². The van der Waals surface area contributed by atoms with E-state index >= 15 is 0 Å². The van der Waals surface area contributed by atoms with E-state index in [4.69, 9.17) is 14.2 Å². The normalized spacial score (nSPS) is 37.3. The first-order chi connectivity index (χ1) is 13.8. The first-order valence-electron chi connectivity index (χ1n) is 11.7. The molecule has 4 nitrogen and oxygen atoms in total. The molecule has 0 radical (unpaired) electrons. The molecule has 2 fully saturated rings. The van der Waals surface area contributed by atoms with Gasteiger partial charge in [-0.1, -0.05) is 33.8 Å². The third-order valence-electron chi connectivity index (χ3n) is 7.83. The van der Waals surface area contributed by atoms with Gasteiger partial charge < -0.3 is 14.2 Å². The minimum absolute atomic E-state index is 0.0393. The van der Waals surface area contributed by atoms with E-state index < -0.39 is 0 Å². The predicted molar refractivity (Wildman–Crippen MR) is 113 cm³/mol. The third-order valence-corrected chi connectivity index (χ3v) is 7.83. The Hall–Kier alpha value is -1.13. The van der Waals surface area contributed by atoms with Gasteiger partial charge in [0.1, 0.15) is 6.10 Å². The standard InChI is InChI=1S/C25H38O4/c1-17(2)18-10-11-24(3)12-13-25(4)19(23(18)24)16-21(26)29-20(25)8-7-15-28-22-9-5-6-14-27-22/h10,17,20,22H,5-9,11-16H2,1-4H3/t20-,22?,24-,25+/m1/s1. The van der Waals surface area contributed by atoms with Crippen LogP contribution in [-0.4, -0.2) is 31.6 Å². The quantitative estimate of drug-likeness (QED) is 0.421. The Kier molecular flexibility index (Phi) is 5.96. The minimum Gasteiger partial charge on any atom is -0.461 e. The van der Waals surface area contributed by atoms with Gasteiger partial charge in [0.25, 0.3) is 0 Å². The van der Waals surface area contributed by atoms with E-state index in [0.29, 0.717) is 18.9 Å². The number of carbonyl (C=O) groups excluding carboxylic acids is 1. The number of hydrogen-bond acceptors (Lipinski definition) is 4. The molecule has 2 heterocycles. The molecule has 29 heavy (non-hydrogen) atoms. The van der Waals surface area contributed by atoms with Crippen LogP contribution < -0.4 is 0 Å². The zero-order chi connectivity index (χ0) is 20.6. The van der Waals surface area contributed by atoms with E-state index in [2.05, 4.69) is 33.8 Å². The van der Waals surface area contributed by atoms with E-state index in [9.17, 15) is 4.79 Å². The van der Waals surface area contributed by atoms with Crippen LogP contribution in [0.5, 0.6) is 0 Å². The predicted octanol–water partition coefficient (Wildman–Crippen LogP) is 5.71. The summed E-state index contributed by atoms with van der Waals surface area (Å²) in [5.41, 5.74) is 4.51. The first-order valence-corrected chi connectivity index (χ1v) is 11.7. The molecular formula is C25H38O4. The summed E-state index contributed by atoms with van der Waals surface area (Å²) in [6.07, 6.45) is 11.3. The maximum Gasteiger partial charge on any atom is 0.310 e. The van der Waals surface area contributed by atoms with Crippen LogP contribution in [-0.2, 0) is 19.0 Å². The molecule has 0 aromatic heterocycles. The van der Waals surface area contributed by atoms with E-state index in [1.54, 1.807) is 0 Å². The van der Waals surface area contributed by atoms with Gasteiger partial charge in [-0.15, -0.1) is 0 Å². The fourth-order valence-electron chi connectivity index (χ4n) is 5.97. The van der Waals surface area contributed by atoms with Crippen molar-refractivity contribution in [1.82, 2.24) is 0 Å². The summed E-state index contributed by atoms with van der Waals surface area (Å²) in [6, 6.07) is 0. The highest BCUT2D eigenvalue weighted by Crippen LogP contribution is 2.61. The van der Waals surface area contributed by atoms with Gasteiger partial charge in [0, 0.05) is 18.6 Å². The Bertz CT molecular complexity index is 700. The van der Waals surface area contributed by atoms with Crippen LogP contribution in [0.4, 0.5) is 0 Å². The fraction of sp³-hybridized carbons (Fsp3) is 0.800. The molecule has 0 aromatic rings. The van der Waals surface area contributed by atoms with Crippen molar-refractivity contribution in [1.29, 1.82) is 0 Å². The van der Waals surface area contributed by atoms with Crippen molar-refractivity contribution in [2.45, 2.75) is 97.9 Å². The van der Waals surface area contributed by atoms with Crippen LogP contribution in [0, 0.1) is 16.7 Å². The zero-order valence-electron chi connectivity index (χ0n) is 18.7. The Balaban J connectivity index is 1.49. The summed E-state index contributed by atoms with van der Waals surface area (Å²) in [7, 11) is 0. The monoisotopic (exact) mass is 402 g/mol. The van der Waals surface area contributed by atoms with Crippen molar-refractivity contribution in [2.75, 3.05) is 13.2 Å². The molecule has 2 saturated heterocycles. The van der Waals surface area contributed by atoms with E-state index in [-0.39, 0.29) is 29.2 Å². The number of esters is 1. The maximum atomic E-state index is 12.6. The molecule has 162 valence electrons. The third kappa shape index (κ3) is 3.95. The highest BCUT2D eigenvalue weighted by molar-refractivity contribution is 5.76. The number of hydrogen-bond donors (Lipinski definition) is 0. The van der Waals surface area contributed by atoms with Crippen molar-refractivity contribution < 1.29 is 19.0 Å². The van der Waals surface area contributed by atoms with Gasteiger partial charge in [-0.2, -0.15) is 0 Å². The highest BCUT2D eigenvalue weighted by atomic mass is 16.7. The number of carbonyl (C=O) groups is 1. The Morgan fingerprint density at radius 1 is 1.24 bits per heavy atom. The lowest BCUT2D eigenvalue weighted by Gasteiger charge is -2.51. The van der Waals surface area contributed by atoms with Crippen molar-refractivity contribution in [2.24, 2.45) is 16.7 Å². The number of allylic oxidation sites excluding steroid dienone is 3. The molecule has 0 N–H and O–H groups in total.